The van der Waals surface area contributed by atoms with Gasteiger partial charge in [-0.05, 0) is 25.0 Å². The molecule has 0 bridgehead atoms. The Morgan fingerprint density at radius 2 is 2.18 bits per heavy atom. The molecule has 0 unspecified atom stereocenters. The van der Waals surface area contributed by atoms with Gasteiger partial charge in [0.05, 0.1) is 6.20 Å². The van der Waals surface area contributed by atoms with Gasteiger partial charge in [-0.3, -0.25) is 0 Å². The van der Waals surface area contributed by atoms with Crippen LogP contribution >= 0.6 is 0 Å². The molecule has 0 saturated heterocycles. The van der Waals surface area contributed by atoms with E-state index in [1.165, 1.54) is 18.9 Å². The molecule has 88 valence electrons. The average molecular weight is 231 g/mol. The van der Waals surface area contributed by atoms with Gasteiger partial charge in [-0.15, -0.1) is 0 Å². The molecule has 0 atom stereocenters. The summed E-state index contributed by atoms with van der Waals surface area (Å²) in [5.74, 6) is -0.252. The van der Waals surface area contributed by atoms with Crippen LogP contribution < -0.4 is 5.32 Å². The summed E-state index contributed by atoms with van der Waals surface area (Å²) < 4.78 is 15.1. The topological polar surface area (TPSA) is 29.9 Å². The number of benzene rings is 1. The SMILES string of the molecule is Fc1ccccc1-n1cc(CNC2CC2)cn1. The molecule has 1 aliphatic carbocycles. The van der Waals surface area contributed by atoms with Gasteiger partial charge < -0.3 is 5.32 Å². The van der Waals surface area contributed by atoms with E-state index in [-0.39, 0.29) is 5.82 Å². The first-order valence-corrected chi connectivity index (χ1v) is 5.85. The number of nitrogens with zero attached hydrogens (tertiary/aromatic N) is 2. The van der Waals surface area contributed by atoms with Gasteiger partial charge in [0, 0.05) is 24.3 Å². The Bertz CT molecular complexity index is 517. The first-order chi connectivity index (χ1) is 8.33. The van der Waals surface area contributed by atoms with Crippen molar-refractivity contribution in [2.75, 3.05) is 0 Å². The largest absolute Gasteiger partial charge is 0.310 e. The highest BCUT2D eigenvalue weighted by Crippen LogP contribution is 2.19. The maximum atomic E-state index is 13.5. The number of hydrogen-bond donors (Lipinski definition) is 1. The van der Waals surface area contributed by atoms with Crippen molar-refractivity contribution in [2.45, 2.75) is 25.4 Å². The van der Waals surface area contributed by atoms with Crippen molar-refractivity contribution in [2.24, 2.45) is 0 Å². The Kier molecular flexibility index (Phi) is 2.65. The van der Waals surface area contributed by atoms with Gasteiger partial charge in [0.25, 0.3) is 0 Å². The van der Waals surface area contributed by atoms with Crippen molar-refractivity contribution in [3.8, 4) is 5.69 Å². The van der Waals surface area contributed by atoms with Crippen LogP contribution in [-0.4, -0.2) is 15.8 Å². The maximum Gasteiger partial charge on any atom is 0.148 e. The van der Waals surface area contributed by atoms with Gasteiger partial charge >= 0.3 is 0 Å². The number of rotatable bonds is 4. The van der Waals surface area contributed by atoms with Crippen molar-refractivity contribution in [3.05, 3.63) is 48.0 Å². The van der Waals surface area contributed by atoms with E-state index < -0.39 is 0 Å². The summed E-state index contributed by atoms with van der Waals surface area (Å²) in [6.07, 6.45) is 6.18. The first-order valence-electron chi connectivity index (χ1n) is 5.85. The van der Waals surface area contributed by atoms with Gasteiger partial charge in [0.15, 0.2) is 0 Å². The summed E-state index contributed by atoms with van der Waals surface area (Å²) in [7, 11) is 0. The van der Waals surface area contributed by atoms with Gasteiger partial charge in [-0.2, -0.15) is 5.10 Å². The lowest BCUT2D eigenvalue weighted by Crippen LogP contribution is -2.14. The molecule has 17 heavy (non-hydrogen) atoms. The molecule has 0 aliphatic heterocycles. The lowest BCUT2D eigenvalue weighted by Gasteiger charge is -2.02. The highest BCUT2D eigenvalue weighted by molar-refractivity contribution is 5.32. The monoisotopic (exact) mass is 231 g/mol. The number of halogens is 1. The molecule has 3 rings (SSSR count). The molecule has 1 fully saturated rings. The molecule has 1 N–H and O–H groups in total. The van der Waals surface area contributed by atoms with E-state index in [1.807, 2.05) is 12.3 Å². The summed E-state index contributed by atoms with van der Waals surface area (Å²) in [4.78, 5) is 0. The lowest BCUT2D eigenvalue weighted by atomic mass is 10.3. The molecule has 1 saturated carbocycles. The van der Waals surface area contributed by atoms with E-state index in [9.17, 15) is 4.39 Å². The summed E-state index contributed by atoms with van der Waals surface area (Å²) in [5.41, 5.74) is 1.57. The Morgan fingerprint density at radius 1 is 1.35 bits per heavy atom. The van der Waals surface area contributed by atoms with Crippen molar-refractivity contribution in [1.82, 2.24) is 15.1 Å². The predicted octanol–water partition coefficient (Wildman–Crippen LogP) is 2.26. The molecule has 0 radical (unpaired) electrons. The third-order valence-electron chi connectivity index (χ3n) is 2.91. The van der Waals surface area contributed by atoms with Gasteiger partial charge in [0.1, 0.15) is 11.5 Å². The van der Waals surface area contributed by atoms with E-state index in [4.69, 9.17) is 0 Å². The fourth-order valence-electron chi connectivity index (χ4n) is 1.77. The van der Waals surface area contributed by atoms with Crippen LogP contribution in [0.2, 0.25) is 0 Å². The molecule has 1 aromatic heterocycles. The fraction of sp³-hybridized carbons (Fsp3) is 0.308. The van der Waals surface area contributed by atoms with Crippen LogP contribution in [0.4, 0.5) is 4.39 Å². The van der Waals surface area contributed by atoms with Crippen LogP contribution in [-0.2, 0) is 6.54 Å². The lowest BCUT2D eigenvalue weighted by molar-refractivity contribution is 0.610. The van der Waals surface area contributed by atoms with Crippen LogP contribution in [0.1, 0.15) is 18.4 Å². The molecular weight excluding hydrogens is 217 g/mol. The molecular formula is C13H14FN3. The van der Waals surface area contributed by atoms with Crippen LogP contribution in [0.15, 0.2) is 36.7 Å². The van der Waals surface area contributed by atoms with E-state index in [2.05, 4.69) is 10.4 Å². The summed E-state index contributed by atoms with van der Waals surface area (Å²) >= 11 is 0. The number of nitrogens with one attached hydrogen (secondary N) is 1. The Hall–Kier alpha value is -1.68. The normalized spacial score (nSPS) is 15.1. The molecule has 2 aromatic rings. The Balaban J connectivity index is 1.77. The molecule has 4 heteroatoms. The second-order valence-corrected chi connectivity index (χ2v) is 4.40. The Morgan fingerprint density at radius 3 is 2.94 bits per heavy atom. The van der Waals surface area contributed by atoms with Gasteiger partial charge in [-0.25, -0.2) is 9.07 Å². The zero-order valence-electron chi connectivity index (χ0n) is 9.44. The van der Waals surface area contributed by atoms with E-state index in [1.54, 1.807) is 23.0 Å². The second-order valence-electron chi connectivity index (χ2n) is 4.40. The maximum absolute atomic E-state index is 13.5. The molecule has 1 aromatic carbocycles. The van der Waals surface area contributed by atoms with Crippen LogP contribution in [0.3, 0.4) is 0 Å². The summed E-state index contributed by atoms with van der Waals surface area (Å²) in [5, 5.41) is 7.59. The smallest absolute Gasteiger partial charge is 0.148 e. The highest BCUT2D eigenvalue weighted by atomic mass is 19.1. The third kappa shape index (κ3) is 2.36. The van der Waals surface area contributed by atoms with Crippen LogP contribution in [0, 0.1) is 5.82 Å². The number of hydrogen-bond acceptors (Lipinski definition) is 2. The average Bonchev–Trinajstić information content (AvgIpc) is 3.06. The quantitative estimate of drug-likeness (QED) is 0.874. The van der Waals surface area contributed by atoms with Crippen molar-refractivity contribution in [1.29, 1.82) is 0 Å². The van der Waals surface area contributed by atoms with Gasteiger partial charge in [-0.1, -0.05) is 12.1 Å². The molecule has 1 heterocycles. The van der Waals surface area contributed by atoms with Crippen LogP contribution in [0.5, 0.6) is 0 Å². The standard InChI is InChI=1S/C13H14FN3/c14-12-3-1-2-4-13(12)17-9-10(8-16-17)7-15-11-5-6-11/h1-4,8-9,11,15H,5-7H2. The van der Waals surface area contributed by atoms with Crippen LogP contribution in [0.25, 0.3) is 5.69 Å². The second kappa shape index (κ2) is 4.30. The third-order valence-corrected chi connectivity index (χ3v) is 2.91. The minimum Gasteiger partial charge on any atom is -0.310 e. The molecule has 3 nitrogen and oxygen atoms in total. The zero-order valence-corrected chi connectivity index (χ0v) is 9.44. The summed E-state index contributed by atoms with van der Waals surface area (Å²) in [6, 6.07) is 7.33. The van der Waals surface area contributed by atoms with Crippen molar-refractivity contribution >= 4 is 0 Å². The minimum absolute atomic E-state index is 0.252. The highest BCUT2D eigenvalue weighted by Gasteiger charge is 2.20. The molecule has 0 spiro atoms. The Labute approximate surface area is 99.3 Å². The van der Waals surface area contributed by atoms with Gasteiger partial charge in [0.2, 0.25) is 0 Å². The zero-order chi connectivity index (χ0) is 11.7. The number of para-hydroxylation sites is 1. The van der Waals surface area contributed by atoms with E-state index in [0.717, 1.165) is 12.1 Å². The summed E-state index contributed by atoms with van der Waals surface area (Å²) in [6.45, 7) is 0.805. The first kappa shape index (κ1) is 10.5. The predicted molar refractivity (Wildman–Crippen MR) is 63.4 cm³/mol. The minimum atomic E-state index is -0.252. The molecule has 1 aliphatic rings. The van der Waals surface area contributed by atoms with E-state index >= 15 is 0 Å². The van der Waals surface area contributed by atoms with Crippen molar-refractivity contribution < 1.29 is 4.39 Å². The molecule has 0 amide bonds. The van der Waals surface area contributed by atoms with E-state index in [0.29, 0.717) is 11.7 Å². The van der Waals surface area contributed by atoms with Crippen molar-refractivity contribution in [3.63, 3.8) is 0 Å². The fourth-order valence-corrected chi connectivity index (χ4v) is 1.77. The number of aromatic nitrogens is 2.